The van der Waals surface area contributed by atoms with Gasteiger partial charge in [-0.3, -0.25) is 0 Å². The molecule has 0 amide bonds. The van der Waals surface area contributed by atoms with Crippen LogP contribution in [0.2, 0.25) is 0 Å². The van der Waals surface area contributed by atoms with Crippen LogP contribution < -0.4 is 5.32 Å². The van der Waals surface area contributed by atoms with Crippen LogP contribution in [0.4, 0.5) is 0 Å². The van der Waals surface area contributed by atoms with E-state index in [9.17, 15) is 8.42 Å². The Kier molecular flexibility index (Phi) is 5.92. The summed E-state index contributed by atoms with van der Waals surface area (Å²) in [6.07, 6.45) is 5.45. The standard InChI is InChI=1S/C13H22N2O2S3/c1-15(9-10-18-2)20(16,17)13-6-5-12(19-13)7-8-14-11-3-4-11/h5-6,11,14H,3-4,7-10H2,1-2H3. The van der Waals surface area contributed by atoms with Crippen LogP contribution in [0.25, 0.3) is 0 Å². The molecule has 20 heavy (non-hydrogen) atoms. The Morgan fingerprint density at radius 1 is 1.45 bits per heavy atom. The summed E-state index contributed by atoms with van der Waals surface area (Å²) in [5.41, 5.74) is 0. The summed E-state index contributed by atoms with van der Waals surface area (Å²) in [7, 11) is -1.65. The van der Waals surface area contributed by atoms with Gasteiger partial charge in [0.15, 0.2) is 0 Å². The second-order valence-corrected chi connectivity index (χ2v) is 9.44. The first-order valence-corrected chi connectivity index (χ1v) is 10.5. The molecule has 1 aromatic rings. The maximum Gasteiger partial charge on any atom is 0.252 e. The molecule has 0 aromatic carbocycles. The van der Waals surface area contributed by atoms with Gasteiger partial charge in [-0.25, -0.2) is 8.42 Å². The quantitative estimate of drug-likeness (QED) is 0.751. The van der Waals surface area contributed by atoms with Gasteiger partial charge in [0, 0.05) is 36.8 Å². The summed E-state index contributed by atoms with van der Waals surface area (Å²) in [5, 5.41) is 3.45. The first-order chi connectivity index (χ1) is 9.54. The summed E-state index contributed by atoms with van der Waals surface area (Å²) in [4.78, 5) is 1.13. The SMILES string of the molecule is CSCCN(C)S(=O)(=O)c1ccc(CCNC2CC2)s1. The van der Waals surface area contributed by atoms with Crippen molar-refractivity contribution in [1.29, 1.82) is 0 Å². The fourth-order valence-electron chi connectivity index (χ4n) is 1.81. The lowest BCUT2D eigenvalue weighted by Crippen LogP contribution is -2.28. The largest absolute Gasteiger partial charge is 0.314 e. The van der Waals surface area contributed by atoms with Crippen molar-refractivity contribution in [3.05, 3.63) is 17.0 Å². The molecule has 7 heteroatoms. The predicted molar refractivity (Wildman–Crippen MR) is 87.2 cm³/mol. The minimum absolute atomic E-state index is 0.461. The monoisotopic (exact) mass is 334 g/mol. The predicted octanol–water partition coefficient (Wildman–Crippen LogP) is 2.03. The normalized spacial score (nSPS) is 15.9. The molecule has 0 radical (unpaired) electrons. The molecular weight excluding hydrogens is 312 g/mol. The number of nitrogens with one attached hydrogen (secondary N) is 1. The van der Waals surface area contributed by atoms with Crippen molar-refractivity contribution in [3.63, 3.8) is 0 Å². The van der Waals surface area contributed by atoms with E-state index in [4.69, 9.17) is 0 Å². The van der Waals surface area contributed by atoms with Gasteiger partial charge < -0.3 is 5.32 Å². The van der Waals surface area contributed by atoms with Crippen LogP contribution in [0, 0.1) is 0 Å². The van der Waals surface area contributed by atoms with Crippen LogP contribution >= 0.6 is 23.1 Å². The number of thioether (sulfide) groups is 1. The number of sulfonamides is 1. The lowest BCUT2D eigenvalue weighted by molar-refractivity contribution is 0.490. The fourth-order valence-corrected chi connectivity index (χ4v) is 5.12. The molecule has 1 N–H and O–H groups in total. The molecule has 1 fully saturated rings. The third-order valence-electron chi connectivity index (χ3n) is 3.29. The van der Waals surface area contributed by atoms with Crippen molar-refractivity contribution < 1.29 is 8.42 Å². The van der Waals surface area contributed by atoms with Gasteiger partial charge >= 0.3 is 0 Å². The topological polar surface area (TPSA) is 49.4 Å². The van der Waals surface area contributed by atoms with E-state index in [0.717, 1.165) is 23.6 Å². The average molecular weight is 335 g/mol. The Hall–Kier alpha value is -0.0800. The van der Waals surface area contributed by atoms with E-state index < -0.39 is 10.0 Å². The summed E-state index contributed by atoms with van der Waals surface area (Å²) in [5.74, 6) is 0.819. The second kappa shape index (κ2) is 7.26. The van der Waals surface area contributed by atoms with Crippen molar-refractivity contribution in [1.82, 2.24) is 9.62 Å². The van der Waals surface area contributed by atoms with Crippen molar-refractivity contribution in [3.8, 4) is 0 Å². The van der Waals surface area contributed by atoms with Crippen molar-refractivity contribution >= 4 is 33.1 Å². The third-order valence-corrected chi connectivity index (χ3v) is 7.35. The third kappa shape index (κ3) is 4.46. The Bertz CT molecular complexity index is 523. The molecule has 114 valence electrons. The highest BCUT2D eigenvalue weighted by molar-refractivity contribution is 7.98. The number of rotatable bonds is 9. The van der Waals surface area contributed by atoms with E-state index in [1.165, 1.54) is 28.5 Å². The molecule has 4 nitrogen and oxygen atoms in total. The maximum absolute atomic E-state index is 12.4. The van der Waals surface area contributed by atoms with Crippen molar-refractivity contribution in [2.75, 3.05) is 32.1 Å². The number of hydrogen-bond acceptors (Lipinski definition) is 5. The fraction of sp³-hybridized carbons (Fsp3) is 0.692. The molecule has 0 bridgehead atoms. The van der Waals surface area contributed by atoms with Crippen LogP contribution in [0.3, 0.4) is 0 Å². The number of hydrogen-bond donors (Lipinski definition) is 1. The van der Waals surface area contributed by atoms with E-state index >= 15 is 0 Å². The van der Waals surface area contributed by atoms with E-state index in [-0.39, 0.29) is 0 Å². The molecule has 0 spiro atoms. The molecule has 0 saturated heterocycles. The van der Waals surface area contributed by atoms with Gasteiger partial charge in [-0.1, -0.05) is 0 Å². The minimum Gasteiger partial charge on any atom is -0.314 e. The Morgan fingerprint density at radius 2 is 2.20 bits per heavy atom. The van der Waals surface area contributed by atoms with Crippen LogP contribution in [-0.4, -0.2) is 50.9 Å². The van der Waals surface area contributed by atoms with Gasteiger partial charge in [0.2, 0.25) is 0 Å². The molecule has 1 heterocycles. The minimum atomic E-state index is -3.30. The average Bonchev–Trinajstić information content (AvgIpc) is 3.11. The first-order valence-electron chi connectivity index (χ1n) is 6.81. The lowest BCUT2D eigenvalue weighted by Gasteiger charge is -2.14. The van der Waals surface area contributed by atoms with Gasteiger partial charge in [0.25, 0.3) is 10.0 Å². The summed E-state index contributed by atoms with van der Waals surface area (Å²) >= 11 is 3.05. The highest BCUT2D eigenvalue weighted by atomic mass is 32.2. The molecule has 0 unspecified atom stereocenters. The Balaban J connectivity index is 1.91. The van der Waals surface area contributed by atoms with E-state index in [1.54, 1.807) is 24.9 Å². The Labute approximate surface area is 130 Å². The number of thiophene rings is 1. The second-order valence-electron chi connectivity index (χ2n) is 5.02. The molecule has 1 aliphatic carbocycles. The van der Waals surface area contributed by atoms with Gasteiger partial charge in [-0.05, 0) is 37.7 Å². The van der Waals surface area contributed by atoms with Crippen molar-refractivity contribution in [2.24, 2.45) is 0 Å². The highest BCUT2D eigenvalue weighted by Crippen LogP contribution is 2.25. The summed E-state index contributed by atoms with van der Waals surface area (Å²) in [6.45, 7) is 1.49. The maximum atomic E-state index is 12.4. The van der Waals surface area contributed by atoms with E-state index in [1.807, 2.05) is 12.3 Å². The molecule has 1 saturated carbocycles. The zero-order valence-electron chi connectivity index (χ0n) is 12.0. The van der Waals surface area contributed by atoms with E-state index in [0.29, 0.717) is 16.8 Å². The molecular formula is C13H22N2O2S3. The molecule has 0 atom stereocenters. The zero-order valence-corrected chi connectivity index (χ0v) is 14.4. The molecule has 0 aliphatic heterocycles. The molecule has 1 aromatic heterocycles. The van der Waals surface area contributed by atoms with Crippen molar-refractivity contribution in [2.45, 2.75) is 29.5 Å². The van der Waals surface area contributed by atoms with Crippen LogP contribution in [-0.2, 0) is 16.4 Å². The molecule has 2 rings (SSSR count). The molecule has 1 aliphatic rings. The van der Waals surface area contributed by atoms with Crippen LogP contribution in [0.5, 0.6) is 0 Å². The van der Waals surface area contributed by atoms with Gasteiger partial charge in [0.1, 0.15) is 4.21 Å². The van der Waals surface area contributed by atoms with Gasteiger partial charge in [-0.2, -0.15) is 16.1 Å². The van der Waals surface area contributed by atoms with Crippen LogP contribution in [0.15, 0.2) is 16.3 Å². The summed E-state index contributed by atoms with van der Waals surface area (Å²) < 4.78 is 26.6. The van der Waals surface area contributed by atoms with Gasteiger partial charge in [-0.15, -0.1) is 11.3 Å². The smallest absolute Gasteiger partial charge is 0.252 e. The Morgan fingerprint density at radius 3 is 2.85 bits per heavy atom. The van der Waals surface area contributed by atoms with E-state index in [2.05, 4.69) is 5.32 Å². The van der Waals surface area contributed by atoms with Crippen LogP contribution in [0.1, 0.15) is 17.7 Å². The van der Waals surface area contributed by atoms with Gasteiger partial charge in [0.05, 0.1) is 0 Å². The first kappa shape index (κ1) is 16.3. The lowest BCUT2D eigenvalue weighted by atomic mass is 10.3. The number of nitrogens with zero attached hydrogens (tertiary/aromatic N) is 1. The zero-order chi connectivity index (χ0) is 14.6. The summed E-state index contributed by atoms with van der Waals surface area (Å²) in [6, 6.07) is 4.38. The highest BCUT2D eigenvalue weighted by Gasteiger charge is 2.23.